The summed E-state index contributed by atoms with van der Waals surface area (Å²) in [7, 11) is 0. The average molecular weight is 294 g/mol. The molecular formula is C13H21F3N2O2. The number of alkyl halides is 3. The molecule has 116 valence electrons. The second-order valence-corrected chi connectivity index (χ2v) is 5.84. The zero-order valence-electron chi connectivity index (χ0n) is 11.8. The number of likely N-dealkylation sites (tertiary alicyclic amines) is 1. The lowest BCUT2D eigenvalue weighted by Crippen LogP contribution is -2.58. The van der Waals surface area contributed by atoms with Crippen LogP contribution in [0.4, 0.5) is 13.2 Å². The van der Waals surface area contributed by atoms with Crippen molar-refractivity contribution >= 4 is 5.91 Å². The molecule has 0 aromatic rings. The lowest BCUT2D eigenvalue weighted by atomic mass is 10.1. The predicted molar refractivity (Wildman–Crippen MR) is 67.2 cm³/mol. The Bertz CT molecular complexity index is 346. The third-order valence-corrected chi connectivity index (χ3v) is 4.02. The van der Waals surface area contributed by atoms with Crippen LogP contribution in [-0.4, -0.2) is 66.3 Å². The van der Waals surface area contributed by atoms with Crippen LogP contribution in [0.25, 0.3) is 0 Å². The molecule has 2 atom stereocenters. The zero-order valence-corrected chi connectivity index (χ0v) is 11.8. The van der Waals surface area contributed by atoms with E-state index in [4.69, 9.17) is 0 Å². The number of fused-ring (bicyclic) bond motifs is 2. The van der Waals surface area contributed by atoms with Crippen LogP contribution in [0.2, 0.25) is 0 Å². The number of ether oxygens (including phenoxy) is 1. The van der Waals surface area contributed by atoms with Gasteiger partial charge in [-0.1, -0.05) is 0 Å². The van der Waals surface area contributed by atoms with Crippen molar-refractivity contribution in [3.05, 3.63) is 0 Å². The van der Waals surface area contributed by atoms with Crippen molar-refractivity contribution in [2.75, 3.05) is 26.3 Å². The number of carbonyl (C=O) groups is 1. The van der Waals surface area contributed by atoms with Crippen LogP contribution < -0.4 is 0 Å². The molecule has 2 rings (SSSR count). The van der Waals surface area contributed by atoms with E-state index in [1.165, 1.54) is 0 Å². The Labute approximate surface area is 116 Å². The number of piperazine rings is 1. The highest BCUT2D eigenvalue weighted by Gasteiger charge is 2.43. The fourth-order valence-corrected chi connectivity index (χ4v) is 3.09. The van der Waals surface area contributed by atoms with Crippen LogP contribution in [0.1, 0.15) is 26.7 Å². The van der Waals surface area contributed by atoms with Gasteiger partial charge in [0, 0.05) is 31.2 Å². The van der Waals surface area contributed by atoms with Gasteiger partial charge in [-0.05, 0) is 26.7 Å². The molecule has 0 N–H and O–H groups in total. The molecule has 0 aliphatic carbocycles. The van der Waals surface area contributed by atoms with Gasteiger partial charge in [0.2, 0.25) is 5.91 Å². The number of carbonyl (C=O) groups excluding carboxylic acids is 1. The Hall–Kier alpha value is -0.820. The van der Waals surface area contributed by atoms with E-state index in [-0.39, 0.29) is 18.0 Å². The summed E-state index contributed by atoms with van der Waals surface area (Å²) >= 11 is 0. The first-order chi connectivity index (χ1) is 9.28. The van der Waals surface area contributed by atoms with Crippen molar-refractivity contribution in [2.45, 2.75) is 51.0 Å². The summed E-state index contributed by atoms with van der Waals surface area (Å²) in [5.41, 5.74) is 0. The van der Waals surface area contributed by atoms with Crippen molar-refractivity contribution in [3.8, 4) is 0 Å². The maximum absolute atomic E-state index is 12.0. The van der Waals surface area contributed by atoms with E-state index in [0.717, 1.165) is 25.9 Å². The van der Waals surface area contributed by atoms with Crippen molar-refractivity contribution in [1.82, 2.24) is 9.80 Å². The number of hydrogen-bond acceptors (Lipinski definition) is 3. The van der Waals surface area contributed by atoms with E-state index in [1.54, 1.807) is 4.90 Å². The summed E-state index contributed by atoms with van der Waals surface area (Å²) in [4.78, 5) is 16.1. The number of rotatable bonds is 4. The molecule has 2 heterocycles. The molecule has 2 aliphatic rings. The topological polar surface area (TPSA) is 32.8 Å². The molecule has 2 fully saturated rings. The van der Waals surface area contributed by atoms with Crippen LogP contribution in [0, 0.1) is 0 Å². The quantitative estimate of drug-likeness (QED) is 0.790. The molecule has 7 heteroatoms. The minimum absolute atomic E-state index is 0.123. The molecule has 0 saturated carbocycles. The van der Waals surface area contributed by atoms with E-state index < -0.39 is 19.4 Å². The summed E-state index contributed by atoms with van der Waals surface area (Å²) in [6, 6.07) is 0.674. The van der Waals surface area contributed by atoms with Crippen LogP contribution in [-0.2, 0) is 9.53 Å². The van der Waals surface area contributed by atoms with Gasteiger partial charge in [0.15, 0.2) is 0 Å². The highest BCUT2D eigenvalue weighted by Crippen LogP contribution is 2.31. The van der Waals surface area contributed by atoms with Crippen molar-refractivity contribution in [2.24, 2.45) is 0 Å². The number of amides is 1. The monoisotopic (exact) mass is 294 g/mol. The fourth-order valence-electron chi connectivity index (χ4n) is 3.09. The number of halogens is 3. The number of nitrogens with zero attached hydrogens (tertiary/aromatic N) is 2. The molecule has 0 aromatic heterocycles. The van der Waals surface area contributed by atoms with E-state index in [0.29, 0.717) is 6.04 Å². The summed E-state index contributed by atoms with van der Waals surface area (Å²) in [5, 5.41) is 0. The predicted octanol–water partition coefficient (Wildman–Crippen LogP) is 1.65. The van der Waals surface area contributed by atoms with Crippen molar-refractivity contribution in [3.63, 3.8) is 0 Å². The molecular weight excluding hydrogens is 273 g/mol. The molecule has 2 saturated heterocycles. The van der Waals surface area contributed by atoms with Gasteiger partial charge < -0.3 is 9.64 Å². The van der Waals surface area contributed by atoms with Gasteiger partial charge >= 0.3 is 6.18 Å². The van der Waals surface area contributed by atoms with E-state index in [1.807, 2.05) is 0 Å². The molecule has 4 nitrogen and oxygen atoms in total. The smallest absolute Gasteiger partial charge is 0.362 e. The summed E-state index contributed by atoms with van der Waals surface area (Å²) in [6.45, 7) is 4.00. The minimum atomic E-state index is -4.38. The van der Waals surface area contributed by atoms with Crippen LogP contribution in [0.15, 0.2) is 0 Å². The lowest BCUT2D eigenvalue weighted by molar-refractivity contribution is -0.179. The molecule has 0 spiro atoms. The first kappa shape index (κ1) is 15.6. The SMILES string of the molecule is CC(C)N1CC2CCC(C1)N2C(=O)COCC(F)(F)F. The van der Waals surface area contributed by atoms with Crippen LogP contribution >= 0.6 is 0 Å². The Morgan fingerprint density at radius 1 is 1.25 bits per heavy atom. The maximum Gasteiger partial charge on any atom is 0.411 e. The molecule has 0 aromatic carbocycles. The summed E-state index contributed by atoms with van der Waals surface area (Å²) < 4.78 is 40.5. The summed E-state index contributed by atoms with van der Waals surface area (Å²) in [6.07, 6.45) is -2.52. The molecule has 20 heavy (non-hydrogen) atoms. The zero-order chi connectivity index (χ0) is 14.9. The number of hydrogen-bond donors (Lipinski definition) is 0. The van der Waals surface area contributed by atoms with Gasteiger partial charge in [-0.25, -0.2) is 0 Å². The normalized spacial score (nSPS) is 27.4. The van der Waals surface area contributed by atoms with Crippen molar-refractivity contribution in [1.29, 1.82) is 0 Å². The molecule has 0 radical (unpaired) electrons. The molecule has 2 aliphatic heterocycles. The van der Waals surface area contributed by atoms with Crippen LogP contribution in [0.3, 0.4) is 0 Å². The van der Waals surface area contributed by atoms with Gasteiger partial charge in [-0.3, -0.25) is 9.69 Å². The molecule has 2 unspecified atom stereocenters. The third-order valence-electron chi connectivity index (χ3n) is 4.02. The highest BCUT2D eigenvalue weighted by molar-refractivity contribution is 5.78. The van der Waals surface area contributed by atoms with E-state index >= 15 is 0 Å². The Morgan fingerprint density at radius 2 is 1.80 bits per heavy atom. The maximum atomic E-state index is 12.0. The Morgan fingerprint density at radius 3 is 2.25 bits per heavy atom. The first-order valence-electron chi connectivity index (χ1n) is 6.97. The highest BCUT2D eigenvalue weighted by atomic mass is 19.4. The van der Waals surface area contributed by atoms with Gasteiger partial charge in [-0.15, -0.1) is 0 Å². The van der Waals surface area contributed by atoms with E-state index in [2.05, 4.69) is 23.5 Å². The minimum Gasteiger partial charge on any atom is -0.362 e. The van der Waals surface area contributed by atoms with Crippen LogP contribution in [0.5, 0.6) is 0 Å². The Kier molecular flexibility index (Phi) is 4.59. The second-order valence-electron chi connectivity index (χ2n) is 5.84. The third kappa shape index (κ3) is 3.63. The fraction of sp³-hybridized carbons (Fsp3) is 0.923. The first-order valence-corrected chi connectivity index (χ1v) is 6.97. The van der Waals surface area contributed by atoms with E-state index in [9.17, 15) is 18.0 Å². The van der Waals surface area contributed by atoms with Gasteiger partial charge in [-0.2, -0.15) is 13.2 Å². The van der Waals surface area contributed by atoms with Gasteiger partial charge in [0.25, 0.3) is 0 Å². The average Bonchev–Trinajstić information content (AvgIpc) is 2.58. The lowest BCUT2D eigenvalue weighted by Gasteiger charge is -2.42. The second kappa shape index (κ2) is 5.89. The Balaban J connectivity index is 1.86. The van der Waals surface area contributed by atoms with Crippen molar-refractivity contribution < 1.29 is 22.7 Å². The summed E-state index contributed by atoms with van der Waals surface area (Å²) in [5.74, 6) is -0.315. The van der Waals surface area contributed by atoms with Gasteiger partial charge in [0.1, 0.15) is 13.2 Å². The molecule has 2 bridgehead atoms. The standard InChI is InChI=1S/C13H21F3N2O2/c1-9(2)17-5-10-3-4-11(6-17)18(10)12(19)7-20-8-13(14,15)16/h9-11H,3-8H2,1-2H3. The molecule has 1 amide bonds. The van der Waals surface area contributed by atoms with Gasteiger partial charge in [0.05, 0.1) is 0 Å². The largest absolute Gasteiger partial charge is 0.411 e.